The van der Waals surface area contributed by atoms with E-state index in [1.807, 2.05) is 17.8 Å². The number of thiophene rings is 1. The monoisotopic (exact) mass is 241 g/mol. The van der Waals surface area contributed by atoms with Gasteiger partial charge in [0.05, 0.1) is 11.1 Å². The highest BCUT2D eigenvalue weighted by Crippen LogP contribution is 2.35. The van der Waals surface area contributed by atoms with Crippen LogP contribution in [0.2, 0.25) is 0 Å². The van der Waals surface area contributed by atoms with Crippen LogP contribution in [0.1, 0.15) is 15.3 Å². The first kappa shape index (κ1) is 10.1. The van der Waals surface area contributed by atoms with Crippen molar-refractivity contribution in [3.05, 3.63) is 27.5 Å². The van der Waals surface area contributed by atoms with Crippen LogP contribution in [-0.4, -0.2) is 5.75 Å². The Morgan fingerprint density at radius 3 is 3.21 bits per heavy atom. The molecule has 0 radical (unpaired) electrons. The summed E-state index contributed by atoms with van der Waals surface area (Å²) in [5.41, 5.74) is 1.39. The lowest BCUT2D eigenvalue weighted by Crippen LogP contribution is -1.96. The Hall–Kier alpha value is -0.430. The summed E-state index contributed by atoms with van der Waals surface area (Å²) in [6.07, 6.45) is 2.54. The Morgan fingerprint density at radius 1 is 1.64 bits per heavy atom. The van der Waals surface area contributed by atoms with Crippen molar-refractivity contribution in [2.75, 3.05) is 5.75 Å². The summed E-state index contributed by atoms with van der Waals surface area (Å²) in [7, 11) is 0. The fourth-order valence-corrected chi connectivity index (χ4v) is 3.89. The molecule has 1 aromatic heterocycles. The van der Waals surface area contributed by atoms with Gasteiger partial charge in [0.2, 0.25) is 0 Å². The zero-order valence-corrected chi connectivity index (χ0v) is 9.81. The van der Waals surface area contributed by atoms with E-state index >= 15 is 0 Å². The maximum Gasteiger partial charge on any atom is 0.0928 e. The Labute approximate surface area is 96.4 Å². The van der Waals surface area contributed by atoms with Gasteiger partial charge in [-0.1, -0.05) is 11.6 Å². The van der Waals surface area contributed by atoms with Gasteiger partial charge in [-0.3, -0.25) is 0 Å². The molecule has 0 aromatic carbocycles. The summed E-state index contributed by atoms with van der Waals surface area (Å²) in [5, 5.41) is 9.06. The molecule has 1 nitrogen and oxygen atoms in total. The molecule has 0 N–H and O–H groups in total. The van der Waals surface area contributed by atoms with Crippen molar-refractivity contribution in [3.63, 3.8) is 0 Å². The van der Waals surface area contributed by atoms with Crippen molar-refractivity contribution < 1.29 is 0 Å². The van der Waals surface area contributed by atoms with E-state index in [-0.39, 0.29) is 0 Å². The molecule has 14 heavy (non-hydrogen) atoms. The average molecular weight is 242 g/mol. The van der Waals surface area contributed by atoms with Crippen LogP contribution in [0.25, 0.3) is 5.03 Å². The largest absolute Gasteiger partial charge is 0.193 e. The quantitative estimate of drug-likeness (QED) is 0.701. The second-order valence-electron chi connectivity index (χ2n) is 2.98. The minimum absolute atomic E-state index is 0.567. The molecule has 1 aliphatic heterocycles. The summed E-state index contributed by atoms with van der Waals surface area (Å²) in [6, 6.07) is 4.07. The van der Waals surface area contributed by atoms with Gasteiger partial charge in [-0.15, -0.1) is 11.3 Å². The normalized spacial score (nSPS) is 16.1. The highest BCUT2D eigenvalue weighted by atomic mass is 35.5. The predicted molar refractivity (Wildman–Crippen MR) is 63.6 cm³/mol. The van der Waals surface area contributed by atoms with Crippen LogP contribution in [-0.2, 0) is 12.2 Å². The van der Waals surface area contributed by atoms with E-state index in [1.165, 1.54) is 22.3 Å². The minimum Gasteiger partial charge on any atom is -0.193 e. The van der Waals surface area contributed by atoms with Crippen molar-refractivity contribution in [1.82, 2.24) is 0 Å². The fraction of sp³-hybridized carbons (Fsp3) is 0.300. The topological polar surface area (TPSA) is 23.8 Å². The first-order valence-corrected chi connectivity index (χ1v) is 6.61. The smallest absolute Gasteiger partial charge is 0.0928 e. The highest BCUT2D eigenvalue weighted by Gasteiger charge is 2.14. The molecule has 0 unspecified atom stereocenters. The summed E-state index contributed by atoms with van der Waals surface area (Å²) in [4.78, 5) is 2.46. The molecule has 1 aromatic rings. The van der Waals surface area contributed by atoms with Crippen LogP contribution in [0.3, 0.4) is 0 Å². The summed E-state index contributed by atoms with van der Waals surface area (Å²) >= 11 is 9.64. The van der Waals surface area contributed by atoms with E-state index in [1.54, 1.807) is 11.3 Å². The number of allylic oxidation sites excluding steroid dienone is 1. The van der Waals surface area contributed by atoms with Crippen molar-refractivity contribution in [2.24, 2.45) is 0 Å². The van der Waals surface area contributed by atoms with E-state index in [4.69, 9.17) is 16.9 Å². The molecular formula is C10H8ClNS2. The molecule has 0 spiro atoms. The van der Waals surface area contributed by atoms with Crippen LogP contribution < -0.4 is 0 Å². The van der Waals surface area contributed by atoms with Gasteiger partial charge in [0.1, 0.15) is 0 Å². The number of hydrogen-bond donors (Lipinski definition) is 0. The molecule has 0 fully saturated rings. The van der Waals surface area contributed by atoms with Crippen LogP contribution in [0.4, 0.5) is 0 Å². The summed E-state index contributed by atoms with van der Waals surface area (Å²) < 4.78 is 0. The number of halogens is 1. The number of fused-ring (bicyclic) bond motifs is 1. The first-order valence-electron chi connectivity index (χ1n) is 4.26. The minimum atomic E-state index is 0.567. The van der Waals surface area contributed by atoms with Gasteiger partial charge in [0, 0.05) is 21.6 Å². The summed E-state index contributed by atoms with van der Waals surface area (Å²) in [6.45, 7) is 0. The van der Waals surface area contributed by atoms with Crippen LogP contribution >= 0.6 is 34.7 Å². The maximum atomic E-state index is 8.49. The third-order valence-corrected chi connectivity index (χ3v) is 4.76. The average Bonchev–Trinajstić information content (AvgIpc) is 2.61. The fourth-order valence-electron chi connectivity index (χ4n) is 1.39. The maximum absolute atomic E-state index is 8.49. The van der Waals surface area contributed by atoms with Crippen LogP contribution in [0.5, 0.6) is 0 Å². The van der Waals surface area contributed by atoms with Crippen molar-refractivity contribution in [1.29, 1.82) is 5.26 Å². The number of nitrogens with zero attached hydrogens (tertiary/aromatic N) is 1. The molecule has 0 bridgehead atoms. The Kier molecular flexibility index (Phi) is 3.17. The van der Waals surface area contributed by atoms with Gasteiger partial charge in [-0.05, 0) is 23.8 Å². The van der Waals surface area contributed by atoms with Crippen molar-refractivity contribution >= 4 is 39.7 Å². The van der Waals surface area contributed by atoms with E-state index in [2.05, 4.69) is 6.07 Å². The van der Waals surface area contributed by atoms with E-state index < -0.39 is 0 Å². The number of thioether (sulfide) groups is 1. The summed E-state index contributed by atoms with van der Waals surface area (Å²) in [5.74, 6) is 2.29. The lowest BCUT2D eigenvalue weighted by molar-refractivity contribution is 1.13. The lowest BCUT2D eigenvalue weighted by atomic mass is 10.2. The highest BCUT2D eigenvalue weighted by molar-refractivity contribution is 7.98. The Morgan fingerprint density at radius 2 is 2.50 bits per heavy atom. The lowest BCUT2D eigenvalue weighted by Gasteiger charge is -2.08. The Balaban J connectivity index is 2.34. The van der Waals surface area contributed by atoms with Crippen molar-refractivity contribution in [2.45, 2.75) is 12.2 Å². The number of nitriles is 1. The number of rotatable bonds is 1. The second kappa shape index (κ2) is 4.39. The molecule has 4 heteroatoms. The van der Waals surface area contributed by atoms with Crippen molar-refractivity contribution in [3.8, 4) is 6.07 Å². The molecule has 1 aliphatic rings. The molecule has 2 rings (SSSR count). The van der Waals surface area contributed by atoms with Gasteiger partial charge in [0.25, 0.3) is 0 Å². The molecule has 0 saturated carbocycles. The molecule has 72 valence electrons. The van der Waals surface area contributed by atoms with Gasteiger partial charge in [0.15, 0.2) is 0 Å². The zero-order chi connectivity index (χ0) is 9.97. The SMILES string of the molecule is N#CC=C(Cl)c1cc2c(s1)CCSC2. The molecule has 0 aliphatic carbocycles. The molecular weight excluding hydrogens is 234 g/mol. The first-order chi connectivity index (χ1) is 6.81. The van der Waals surface area contributed by atoms with E-state index in [0.717, 1.165) is 17.1 Å². The predicted octanol–water partition coefficient (Wildman–Crippen LogP) is 3.64. The second-order valence-corrected chi connectivity index (χ2v) is 5.63. The van der Waals surface area contributed by atoms with Gasteiger partial charge >= 0.3 is 0 Å². The van der Waals surface area contributed by atoms with Gasteiger partial charge < -0.3 is 0 Å². The molecule has 2 heterocycles. The van der Waals surface area contributed by atoms with E-state index in [0.29, 0.717) is 5.03 Å². The molecule has 0 amide bonds. The number of hydrogen-bond acceptors (Lipinski definition) is 3. The van der Waals surface area contributed by atoms with E-state index in [9.17, 15) is 0 Å². The van der Waals surface area contributed by atoms with Crippen LogP contribution in [0.15, 0.2) is 12.1 Å². The molecule has 0 saturated heterocycles. The third-order valence-electron chi connectivity index (χ3n) is 2.05. The molecule has 0 atom stereocenters. The van der Waals surface area contributed by atoms with Gasteiger partial charge in [-0.25, -0.2) is 0 Å². The Bertz CT molecular complexity index is 391. The van der Waals surface area contributed by atoms with Gasteiger partial charge in [-0.2, -0.15) is 17.0 Å². The third kappa shape index (κ3) is 1.98. The standard InChI is InChI=1S/C10H8ClNS2/c11-8(1-3-12)10-5-7-6-13-4-2-9(7)14-10/h1,5H,2,4,6H2. The van der Waals surface area contributed by atoms with Crippen LogP contribution in [0, 0.1) is 11.3 Å². The number of aryl methyl sites for hydroxylation is 1. The zero-order valence-electron chi connectivity index (χ0n) is 7.42.